The summed E-state index contributed by atoms with van der Waals surface area (Å²) in [7, 11) is 0. The molecule has 1 aromatic heterocycles. The first kappa shape index (κ1) is 12.3. The molecule has 18 heavy (non-hydrogen) atoms. The Bertz CT molecular complexity index is 557. The maximum atomic E-state index is 11.6. The lowest BCUT2D eigenvalue weighted by Gasteiger charge is -2.07. The van der Waals surface area contributed by atoms with E-state index in [4.69, 9.17) is 4.74 Å². The van der Waals surface area contributed by atoms with Gasteiger partial charge in [-0.3, -0.25) is 9.55 Å². The van der Waals surface area contributed by atoms with E-state index in [2.05, 4.69) is 4.98 Å². The van der Waals surface area contributed by atoms with Crippen molar-refractivity contribution in [3.8, 4) is 11.8 Å². The second-order valence-electron chi connectivity index (χ2n) is 3.90. The fourth-order valence-electron chi connectivity index (χ4n) is 1.81. The Morgan fingerprint density at radius 1 is 1.33 bits per heavy atom. The summed E-state index contributed by atoms with van der Waals surface area (Å²) in [5.41, 5.74) is 0.777. The molecule has 0 aliphatic heterocycles. The normalized spacial score (nSPS) is 10.5. The van der Waals surface area contributed by atoms with Crippen molar-refractivity contribution in [3.63, 3.8) is 0 Å². The first-order valence-electron chi connectivity index (χ1n) is 5.91. The van der Waals surface area contributed by atoms with Crippen molar-refractivity contribution in [1.29, 1.82) is 0 Å². The molecule has 2 aromatic rings. The molecule has 2 rings (SSSR count). The van der Waals surface area contributed by atoms with E-state index in [-0.39, 0.29) is 17.4 Å². The molecule has 0 atom stereocenters. The van der Waals surface area contributed by atoms with Gasteiger partial charge in [0, 0.05) is 6.54 Å². The molecule has 0 aliphatic carbocycles. The van der Waals surface area contributed by atoms with Crippen molar-refractivity contribution in [3.05, 3.63) is 46.4 Å². The standard InChI is InChI=1S/C13H16N2O3/c1-2-18-12-11(16)14-13(17)15(12)9-8-10-6-4-3-5-7-10/h3-7,16H,2,8-9H2,1H3,(H,14,17). The maximum Gasteiger partial charge on any atom is 0.331 e. The van der Waals surface area contributed by atoms with E-state index in [9.17, 15) is 9.90 Å². The third-order valence-corrected chi connectivity index (χ3v) is 2.67. The molecule has 2 N–H and O–H groups in total. The minimum atomic E-state index is -0.355. The Balaban J connectivity index is 2.16. The van der Waals surface area contributed by atoms with Crippen molar-refractivity contribution in [2.24, 2.45) is 0 Å². The van der Waals surface area contributed by atoms with Crippen LogP contribution < -0.4 is 10.4 Å². The molecule has 5 nitrogen and oxygen atoms in total. The monoisotopic (exact) mass is 248 g/mol. The van der Waals surface area contributed by atoms with Crippen LogP contribution in [-0.2, 0) is 13.0 Å². The number of hydrogen-bond acceptors (Lipinski definition) is 3. The zero-order valence-electron chi connectivity index (χ0n) is 10.2. The van der Waals surface area contributed by atoms with Gasteiger partial charge in [-0.2, -0.15) is 0 Å². The molecule has 0 spiro atoms. The third kappa shape index (κ3) is 2.56. The lowest BCUT2D eigenvalue weighted by Crippen LogP contribution is -2.19. The number of imidazole rings is 1. The summed E-state index contributed by atoms with van der Waals surface area (Å²) < 4.78 is 6.67. The Kier molecular flexibility index (Phi) is 3.72. The molecule has 0 bridgehead atoms. The SMILES string of the molecule is CCOc1c(O)[nH]c(=O)n1CCc1ccccc1. The molecule has 0 fully saturated rings. The van der Waals surface area contributed by atoms with Gasteiger partial charge in [-0.25, -0.2) is 4.79 Å². The zero-order chi connectivity index (χ0) is 13.0. The lowest BCUT2D eigenvalue weighted by molar-refractivity contribution is 0.288. The highest BCUT2D eigenvalue weighted by Gasteiger charge is 2.14. The molecule has 0 radical (unpaired) electrons. The number of ether oxygens (including phenoxy) is 1. The van der Waals surface area contributed by atoms with Crippen LogP contribution in [0.15, 0.2) is 35.1 Å². The van der Waals surface area contributed by atoms with E-state index >= 15 is 0 Å². The fraction of sp³-hybridized carbons (Fsp3) is 0.308. The number of nitrogens with one attached hydrogen (secondary N) is 1. The van der Waals surface area contributed by atoms with Crippen LogP contribution in [0.5, 0.6) is 11.8 Å². The predicted octanol–water partition coefficient (Wildman–Crippen LogP) is 1.52. The molecular formula is C13H16N2O3. The minimum absolute atomic E-state index is 0.207. The van der Waals surface area contributed by atoms with Crippen LogP contribution in [0.25, 0.3) is 0 Å². The topological polar surface area (TPSA) is 67.2 Å². The molecule has 1 aromatic carbocycles. The number of aromatic nitrogens is 2. The average molecular weight is 248 g/mol. The van der Waals surface area contributed by atoms with Crippen LogP contribution in [-0.4, -0.2) is 21.3 Å². The van der Waals surface area contributed by atoms with Crippen molar-refractivity contribution < 1.29 is 9.84 Å². The zero-order valence-corrected chi connectivity index (χ0v) is 10.2. The van der Waals surface area contributed by atoms with E-state index in [1.165, 1.54) is 4.57 Å². The number of aryl methyl sites for hydroxylation is 1. The summed E-state index contributed by atoms with van der Waals surface area (Å²) in [4.78, 5) is 14.0. The second-order valence-corrected chi connectivity index (χ2v) is 3.90. The minimum Gasteiger partial charge on any atom is -0.491 e. The van der Waals surface area contributed by atoms with Crippen molar-refractivity contribution in [2.75, 3.05) is 6.61 Å². The molecule has 96 valence electrons. The summed E-state index contributed by atoms with van der Waals surface area (Å²) >= 11 is 0. The Morgan fingerprint density at radius 2 is 2.06 bits per heavy atom. The summed E-state index contributed by atoms with van der Waals surface area (Å²) in [6.07, 6.45) is 0.706. The molecule has 0 aliphatic rings. The van der Waals surface area contributed by atoms with Crippen LogP contribution >= 0.6 is 0 Å². The number of benzene rings is 1. The molecular weight excluding hydrogens is 232 g/mol. The summed E-state index contributed by atoms with van der Waals surface area (Å²) in [5, 5.41) is 9.54. The van der Waals surface area contributed by atoms with Crippen molar-refractivity contribution in [2.45, 2.75) is 19.9 Å². The van der Waals surface area contributed by atoms with Gasteiger partial charge in [0.1, 0.15) is 0 Å². The summed E-state index contributed by atoms with van der Waals surface area (Å²) in [6.45, 7) is 2.67. The lowest BCUT2D eigenvalue weighted by atomic mass is 10.1. The average Bonchev–Trinajstić information content (AvgIpc) is 2.64. The number of hydrogen-bond donors (Lipinski definition) is 2. The van der Waals surface area contributed by atoms with Gasteiger partial charge in [0.15, 0.2) is 0 Å². The quantitative estimate of drug-likeness (QED) is 0.843. The number of nitrogens with zero attached hydrogens (tertiary/aromatic N) is 1. The van der Waals surface area contributed by atoms with Gasteiger partial charge < -0.3 is 9.84 Å². The van der Waals surface area contributed by atoms with E-state index < -0.39 is 0 Å². The molecule has 0 unspecified atom stereocenters. The third-order valence-electron chi connectivity index (χ3n) is 2.67. The van der Waals surface area contributed by atoms with Crippen LogP contribution in [0, 0.1) is 0 Å². The summed E-state index contributed by atoms with van der Waals surface area (Å²) in [5.74, 6) is -0.00616. The van der Waals surface area contributed by atoms with E-state index in [1.54, 1.807) is 6.92 Å². The van der Waals surface area contributed by atoms with Crippen LogP contribution in [0.3, 0.4) is 0 Å². The largest absolute Gasteiger partial charge is 0.491 e. The molecule has 0 saturated heterocycles. The van der Waals surface area contributed by atoms with Crippen LogP contribution in [0.2, 0.25) is 0 Å². The number of aromatic amines is 1. The molecule has 1 heterocycles. The Morgan fingerprint density at radius 3 is 2.72 bits per heavy atom. The van der Waals surface area contributed by atoms with Crippen LogP contribution in [0.4, 0.5) is 0 Å². The highest BCUT2D eigenvalue weighted by molar-refractivity contribution is 5.25. The fourth-order valence-corrected chi connectivity index (χ4v) is 1.81. The van der Waals surface area contributed by atoms with Gasteiger partial charge in [-0.15, -0.1) is 0 Å². The Hall–Kier alpha value is -2.17. The van der Waals surface area contributed by atoms with E-state index in [1.807, 2.05) is 30.3 Å². The van der Waals surface area contributed by atoms with Gasteiger partial charge in [0.2, 0.25) is 0 Å². The Labute approximate surface area is 105 Å². The van der Waals surface area contributed by atoms with Gasteiger partial charge >= 0.3 is 5.69 Å². The smallest absolute Gasteiger partial charge is 0.331 e. The number of aromatic hydroxyl groups is 1. The molecule has 0 saturated carbocycles. The number of rotatable bonds is 5. The van der Waals surface area contributed by atoms with Crippen molar-refractivity contribution >= 4 is 0 Å². The highest BCUT2D eigenvalue weighted by Crippen LogP contribution is 2.21. The van der Waals surface area contributed by atoms with E-state index in [0.29, 0.717) is 19.6 Å². The van der Waals surface area contributed by atoms with Gasteiger partial charge in [0.05, 0.1) is 6.61 Å². The number of H-pyrrole nitrogens is 1. The summed E-state index contributed by atoms with van der Waals surface area (Å²) in [6, 6.07) is 9.85. The second kappa shape index (κ2) is 5.44. The first-order chi connectivity index (χ1) is 8.72. The predicted molar refractivity (Wildman–Crippen MR) is 68.0 cm³/mol. The van der Waals surface area contributed by atoms with E-state index in [0.717, 1.165) is 5.56 Å². The molecule has 5 heteroatoms. The highest BCUT2D eigenvalue weighted by atomic mass is 16.5. The van der Waals surface area contributed by atoms with Gasteiger partial charge in [-0.05, 0) is 18.9 Å². The van der Waals surface area contributed by atoms with Gasteiger partial charge in [-0.1, -0.05) is 30.3 Å². The first-order valence-corrected chi connectivity index (χ1v) is 5.91. The molecule has 0 amide bonds. The maximum absolute atomic E-state index is 11.6. The van der Waals surface area contributed by atoms with Crippen LogP contribution in [0.1, 0.15) is 12.5 Å². The van der Waals surface area contributed by atoms with Crippen molar-refractivity contribution in [1.82, 2.24) is 9.55 Å². The van der Waals surface area contributed by atoms with Gasteiger partial charge in [0.25, 0.3) is 11.8 Å².